The summed E-state index contributed by atoms with van der Waals surface area (Å²) in [5, 5.41) is 4.61. The number of hydrogen-bond acceptors (Lipinski definition) is 3. The molecule has 0 amide bonds. The van der Waals surface area contributed by atoms with E-state index in [9.17, 15) is 0 Å². The highest BCUT2D eigenvalue weighted by molar-refractivity contribution is 5.43. The molecule has 0 spiro atoms. The van der Waals surface area contributed by atoms with E-state index in [0.717, 1.165) is 36.6 Å². The van der Waals surface area contributed by atoms with E-state index >= 15 is 0 Å². The normalized spacial score (nSPS) is 10.9. The largest absolute Gasteiger partial charge is 0.330 e. The van der Waals surface area contributed by atoms with Crippen LogP contribution < -0.4 is 5.73 Å². The van der Waals surface area contributed by atoms with E-state index < -0.39 is 0 Å². The quantitative estimate of drug-likeness (QED) is 0.894. The van der Waals surface area contributed by atoms with Crippen LogP contribution in [0.25, 0.3) is 5.69 Å². The summed E-state index contributed by atoms with van der Waals surface area (Å²) in [7, 11) is 0. The lowest BCUT2D eigenvalue weighted by molar-refractivity contribution is 0.784. The minimum Gasteiger partial charge on any atom is -0.330 e. The van der Waals surface area contributed by atoms with Gasteiger partial charge in [0.05, 0.1) is 5.69 Å². The van der Waals surface area contributed by atoms with Crippen molar-refractivity contribution >= 4 is 0 Å². The molecule has 0 saturated heterocycles. The highest BCUT2D eigenvalue weighted by atomic mass is 15.3. The van der Waals surface area contributed by atoms with Crippen molar-refractivity contribution in [2.24, 2.45) is 5.73 Å². The molecule has 2 aromatic rings. The molecule has 4 nitrogen and oxygen atoms in total. The molecule has 4 heteroatoms. The predicted octanol–water partition coefficient (Wildman–Crippen LogP) is 2.20. The average Bonchev–Trinajstić information content (AvgIpc) is 2.84. The average molecular weight is 258 g/mol. The predicted molar refractivity (Wildman–Crippen MR) is 77.6 cm³/mol. The van der Waals surface area contributed by atoms with Crippen molar-refractivity contribution < 1.29 is 0 Å². The second-order valence-electron chi connectivity index (χ2n) is 4.72. The summed E-state index contributed by atoms with van der Waals surface area (Å²) in [6, 6.07) is 6.44. The molecule has 0 aliphatic heterocycles. The lowest BCUT2D eigenvalue weighted by Crippen LogP contribution is -2.07. The third-order valence-corrected chi connectivity index (χ3v) is 3.29. The van der Waals surface area contributed by atoms with Crippen LogP contribution in [0.1, 0.15) is 36.6 Å². The van der Waals surface area contributed by atoms with E-state index in [-0.39, 0.29) is 0 Å². The Labute approximate surface area is 114 Å². The van der Waals surface area contributed by atoms with Crippen molar-refractivity contribution in [2.45, 2.75) is 40.0 Å². The maximum atomic E-state index is 5.63. The van der Waals surface area contributed by atoms with Gasteiger partial charge in [0.15, 0.2) is 5.82 Å². The van der Waals surface area contributed by atoms with Crippen molar-refractivity contribution in [3.63, 3.8) is 0 Å². The molecule has 0 unspecified atom stereocenters. The molecule has 0 bridgehead atoms. The number of rotatable bonds is 5. The van der Waals surface area contributed by atoms with Crippen molar-refractivity contribution in [3.8, 4) is 5.69 Å². The fraction of sp³-hybridized carbons (Fsp3) is 0.467. The number of aryl methyl sites for hydroxylation is 3. The van der Waals surface area contributed by atoms with Gasteiger partial charge in [-0.2, -0.15) is 5.10 Å². The molecule has 0 aliphatic carbocycles. The molecule has 0 atom stereocenters. The number of benzene rings is 1. The number of aromatic nitrogens is 3. The lowest BCUT2D eigenvalue weighted by atomic mass is 10.1. The van der Waals surface area contributed by atoms with Crippen LogP contribution in [0.15, 0.2) is 18.2 Å². The molecule has 1 aromatic heterocycles. The molecule has 19 heavy (non-hydrogen) atoms. The van der Waals surface area contributed by atoms with Gasteiger partial charge in [-0.3, -0.25) is 0 Å². The Hall–Kier alpha value is -1.68. The molecule has 0 radical (unpaired) electrons. The first-order chi connectivity index (χ1) is 9.19. The first-order valence-electron chi connectivity index (χ1n) is 6.94. The maximum absolute atomic E-state index is 5.63. The van der Waals surface area contributed by atoms with Crippen molar-refractivity contribution in [3.05, 3.63) is 41.0 Å². The van der Waals surface area contributed by atoms with Gasteiger partial charge in [-0.25, -0.2) is 9.67 Å². The second kappa shape index (κ2) is 5.97. The monoisotopic (exact) mass is 258 g/mol. The molecule has 0 fully saturated rings. The van der Waals surface area contributed by atoms with Gasteiger partial charge in [-0.1, -0.05) is 26.0 Å². The van der Waals surface area contributed by atoms with Crippen LogP contribution in [0.3, 0.4) is 0 Å². The Kier molecular flexibility index (Phi) is 4.32. The van der Waals surface area contributed by atoms with Crippen LogP contribution in [0.2, 0.25) is 0 Å². The Morgan fingerprint density at radius 3 is 2.63 bits per heavy atom. The number of hydrogen-bond donors (Lipinski definition) is 1. The molecule has 1 heterocycles. The summed E-state index contributed by atoms with van der Waals surface area (Å²) in [6.45, 7) is 6.96. The summed E-state index contributed by atoms with van der Waals surface area (Å²) < 4.78 is 1.98. The zero-order valence-corrected chi connectivity index (χ0v) is 12.0. The molecule has 2 N–H and O–H groups in total. The SMILES string of the molecule is CCc1nc(CC)n(-c2cc(CCN)ccc2C)n1. The van der Waals surface area contributed by atoms with E-state index in [2.05, 4.69) is 49.1 Å². The molecule has 2 rings (SSSR count). The van der Waals surface area contributed by atoms with E-state index in [1.54, 1.807) is 0 Å². The molecule has 102 valence electrons. The third-order valence-electron chi connectivity index (χ3n) is 3.29. The first kappa shape index (κ1) is 13.7. The summed E-state index contributed by atoms with van der Waals surface area (Å²) >= 11 is 0. The van der Waals surface area contributed by atoms with Crippen LogP contribution in [-0.2, 0) is 19.3 Å². The Balaban J connectivity index is 2.50. The Bertz CT molecular complexity index is 557. The van der Waals surface area contributed by atoms with Gasteiger partial charge < -0.3 is 5.73 Å². The van der Waals surface area contributed by atoms with Gasteiger partial charge in [0.1, 0.15) is 5.82 Å². The summed E-state index contributed by atoms with van der Waals surface area (Å²) in [4.78, 5) is 4.57. The van der Waals surface area contributed by atoms with Gasteiger partial charge >= 0.3 is 0 Å². The second-order valence-corrected chi connectivity index (χ2v) is 4.72. The van der Waals surface area contributed by atoms with Gasteiger partial charge in [-0.15, -0.1) is 0 Å². The zero-order valence-electron chi connectivity index (χ0n) is 12.0. The lowest BCUT2D eigenvalue weighted by Gasteiger charge is -2.10. The Morgan fingerprint density at radius 1 is 1.21 bits per heavy atom. The Morgan fingerprint density at radius 2 is 2.00 bits per heavy atom. The molecule has 1 aromatic carbocycles. The highest BCUT2D eigenvalue weighted by Gasteiger charge is 2.11. The van der Waals surface area contributed by atoms with Crippen LogP contribution in [0, 0.1) is 6.92 Å². The number of nitrogens with zero attached hydrogens (tertiary/aromatic N) is 3. The summed E-state index contributed by atoms with van der Waals surface area (Å²) in [5.74, 6) is 1.92. The topological polar surface area (TPSA) is 56.7 Å². The standard InChI is InChI=1S/C15H22N4/c1-4-14-17-15(5-2)19(18-14)13-10-12(8-9-16)7-6-11(13)3/h6-7,10H,4-5,8-9,16H2,1-3H3. The van der Waals surface area contributed by atoms with Gasteiger partial charge in [0.25, 0.3) is 0 Å². The number of nitrogens with two attached hydrogens (primary N) is 1. The van der Waals surface area contributed by atoms with Crippen LogP contribution in [0.4, 0.5) is 0 Å². The van der Waals surface area contributed by atoms with Gasteiger partial charge in [0.2, 0.25) is 0 Å². The third kappa shape index (κ3) is 2.84. The molecule has 0 saturated carbocycles. The fourth-order valence-electron chi connectivity index (χ4n) is 2.17. The smallest absolute Gasteiger partial charge is 0.151 e. The van der Waals surface area contributed by atoms with Crippen molar-refractivity contribution in [1.82, 2.24) is 14.8 Å². The molecular formula is C15H22N4. The van der Waals surface area contributed by atoms with E-state index in [1.807, 2.05) is 4.68 Å². The fourth-order valence-corrected chi connectivity index (χ4v) is 2.17. The van der Waals surface area contributed by atoms with Crippen molar-refractivity contribution in [2.75, 3.05) is 6.54 Å². The van der Waals surface area contributed by atoms with Crippen LogP contribution in [-0.4, -0.2) is 21.3 Å². The summed E-state index contributed by atoms with van der Waals surface area (Å²) in [6.07, 6.45) is 2.64. The highest BCUT2D eigenvalue weighted by Crippen LogP contribution is 2.18. The summed E-state index contributed by atoms with van der Waals surface area (Å²) in [5.41, 5.74) is 9.21. The molecule has 0 aliphatic rings. The molecular weight excluding hydrogens is 236 g/mol. The van der Waals surface area contributed by atoms with E-state index in [1.165, 1.54) is 11.1 Å². The maximum Gasteiger partial charge on any atom is 0.151 e. The minimum absolute atomic E-state index is 0.667. The zero-order chi connectivity index (χ0) is 13.8. The van der Waals surface area contributed by atoms with E-state index in [4.69, 9.17) is 5.73 Å². The van der Waals surface area contributed by atoms with Crippen LogP contribution >= 0.6 is 0 Å². The van der Waals surface area contributed by atoms with E-state index in [0.29, 0.717) is 6.54 Å². The van der Waals surface area contributed by atoms with Crippen LogP contribution in [0.5, 0.6) is 0 Å². The van der Waals surface area contributed by atoms with Gasteiger partial charge in [-0.05, 0) is 37.1 Å². The van der Waals surface area contributed by atoms with Crippen molar-refractivity contribution in [1.29, 1.82) is 0 Å². The van der Waals surface area contributed by atoms with Gasteiger partial charge in [0, 0.05) is 12.8 Å². The minimum atomic E-state index is 0.667. The first-order valence-corrected chi connectivity index (χ1v) is 6.94.